The maximum absolute atomic E-state index is 12.7. The fourth-order valence-electron chi connectivity index (χ4n) is 3.29. The van der Waals surface area contributed by atoms with E-state index in [9.17, 15) is 9.59 Å². The standard InChI is InChI=1S/C21H27N3O3S/c1-15-13-24(14-16(2)27-15)20(25)18-7-5-17(6-8-18)12-23-21(26)22-10-9-19-4-3-11-28-19/h3-8,11,15-16H,9-10,12-14H2,1-2H3,(H2,22,23,26). The SMILES string of the molecule is CC1CN(C(=O)c2ccc(CNC(=O)NCCc3cccs3)cc2)CC(C)O1. The molecule has 3 amide bonds. The van der Waals surface area contributed by atoms with Gasteiger partial charge in [-0.2, -0.15) is 0 Å². The van der Waals surface area contributed by atoms with Crippen LogP contribution in [0.1, 0.15) is 34.6 Å². The van der Waals surface area contributed by atoms with E-state index in [0.29, 0.717) is 31.7 Å². The number of ether oxygens (including phenoxy) is 1. The average Bonchev–Trinajstić information content (AvgIpc) is 3.19. The van der Waals surface area contributed by atoms with Gasteiger partial charge in [0.2, 0.25) is 0 Å². The quantitative estimate of drug-likeness (QED) is 0.782. The van der Waals surface area contributed by atoms with Gasteiger partial charge in [0.05, 0.1) is 12.2 Å². The van der Waals surface area contributed by atoms with Gasteiger partial charge in [-0.15, -0.1) is 11.3 Å². The van der Waals surface area contributed by atoms with E-state index < -0.39 is 0 Å². The summed E-state index contributed by atoms with van der Waals surface area (Å²) in [7, 11) is 0. The summed E-state index contributed by atoms with van der Waals surface area (Å²) >= 11 is 1.69. The average molecular weight is 402 g/mol. The molecule has 2 N–H and O–H groups in total. The molecule has 2 heterocycles. The van der Waals surface area contributed by atoms with Gasteiger partial charge >= 0.3 is 6.03 Å². The maximum Gasteiger partial charge on any atom is 0.315 e. The van der Waals surface area contributed by atoms with E-state index in [1.165, 1.54) is 4.88 Å². The van der Waals surface area contributed by atoms with Crippen LogP contribution in [0.15, 0.2) is 41.8 Å². The van der Waals surface area contributed by atoms with Crippen LogP contribution in [0, 0.1) is 0 Å². The molecular formula is C21H27N3O3S. The molecule has 0 bridgehead atoms. The van der Waals surface area contributed by atoms with Gasteiger partial charge in [-0.1, -0.05) is 18.2 Å². The summed E-state index contributed by atoms with van der Waals surface area (Å²) in [6.45, 7) is 6.21. The van der Waals surface area contributed by atoms with Crippen molar-refractivity contribution in [2.75, 3.05) is 19.6 Å². The molecule has 3 rings (SSSR count). The summed E-state index contributed by atoms with van der Waals surface area (Å²) in [6.07, 6.45) is 0.935. The van der Waals surface area contributed by atoms with E-state index in [-0.39, 0.29) is 24.1 Å². The van der Waals surface area contributed by atoms with Crippen LogP contribution < -0.4 is 10.6 Å². The highest BCUT2D eigenvalue weighted by molar-refractivity contribution is 7.09. The van der Waals surface area contributed by atoms with Crippen LogP contribution >= 0.6 is 11.3 Å². The normalized spacial score (nSPS) is 19.3. The van der Waals surface area contributed by atoms with Gasteiger partial charge in [0.25, 0.3) is 5.91 Å². The van der Waals surface area contributed by atoms with Crippen LogP contribution in [0.2, 0.25) is 0 Å². The number of amides is 3. The molecule has 0 saturated carbocycles. The molecule has 150 valence electrons. The van der Waals surface area contributed by atoms with Gasteiger partial charge in [0.15, 0.2) is 0 Å². The fraction of sp³-hybridized carbons (Fsp3) is 0.429. The van der Waals surface area contributed by atoms with Crippen molar-refractivity contribution in [2.45, 2.75) is 39.0 Å². The Balaban J connectivity index is 1.43. The van der Waals surface area contributed by atoms with E-state index in [4.69, 9.17) is 4.74 Å². The largest absolute Gasteiger partial charge is 0.372 e. The topological polar surface area (TPSA) is 70.7 Å². The van der Waals surface area contributed by atoms with Crippen molar-refractivity contribution in [1.82, 2.24) is 15.5 Å². The van der Waals surface area contributed by atoms with Crippen LogP contribution in [0.25, 0.3) is 0 Å². The van der Waals surface area contributed by atoms with Gasteiger partial charge in [-0.05, 0) is 49.4 Å². The molecule has 2 aromatic rings. The second-order valence-electron chi connectivity index (χ2n) is 7.10. The first-order valence-electron chi connectivity index (χ1n) is 9.59. The molecule has 0 spiro atoms. The summed E-state index contributed by atoms with van der Waals surface area (Å²) in [6, 6.07) is 11.3. The molecule has 0 radical (unpaired) electrons. The number of nitrogens with one attached hydrogen (secondary N) is 2. The molecule has 1 fully saturated rings. The second kappa shape index (κ2) is 9.71. The Morgan fingerprint density at radius 1 is 1.11 bits per heavy atom. The van der Waals surface area contributed by atoms with Crippen molar-refractivity contribution in [3.05, 3.63) is 57.8 Å². The molecule has 1 aliphatic heterocycles. The van der Waals surface area contributed by atoms with Gasteiger partial charge in [-0.3, -0.25) is 4.79 Å². The summed E-state index contributed by atoms with van der Waals surface area (Å²) in [5, 5.41) is 7.73. The molecule has 1 aromatic carbocycles. The Labute approximate surface area is 169 Å². The van der Waals surface area contributed by atoms with Crippen LogP contribution in [-0.4, -0.2) is 48.7 Å². The minimum atomic E-state index is -0.187. The lowest BCUT2D eigenvalue weighted by molar-refractivity contribution is -0.0586. The summed E-state index contributed by atoms with van der Waals surface area (Å²) in [5.74, 6) is 0.0211. The number of rotatable bonds is 6. The van der Waals surface area contributed by atoms with E-state index in [1.807, 2.05) is 54.5 Å². The Morgan fingerprint density at radius 3 is 2.46 bits per heavy atom. The molecule has 1 saturated heterocycles. The number of thiophene rings is 1. The van der Waals surface area contributed by atoms with E-state index in [2.05, 4.69) is 16.7 Å². The predicted molar refractivity (Wildman–Crippen MR) is 111 cm³/mol. The van der Waals surface area contributed by atoms with Crippen molar-refractivity contribution in [2.24, 2.45) is 0 Å². The number of carbonyl (C=O) groups excluding carboxylic acids is 2. The predicted octanol–water partition coefficient (Wildman–Crippen LogP) is 3.04. The van der Waals surface area contributed by atoms with Crippen LogP contribution in [0.5, 0.6) is 0 Å². The summed E-state index contributed by atoms with van der Waals surface area (Å²) in [4.78, 5) is 27.7. The molecular weight excluding hydrogens is 374 g/mol. The van der Waals surface area contributed by atoms with Crippen molar-refractivity contribution in [3.8, 4) is 0 Å². The van der Waals surface area contributed by atoms with Crippen molar-refractivity contribution >= 4 is 23.3 Å². The second-order valence-corrected chi connectivity index (χ2v) is 8.14. The molecule has 0 aliphatic carbocycles. The van der Waals surface area contributed by atoms with Gasteiger partial charge in [0, 0.05) is 36.6 Å². The monoisotopic (exact) mass is 401 g/mol. The third kappa shape index (κ3) is 5.81. The van der Waals surface area contributed by atoms with E-state index in [1.54, 1.807) is 11.3 Å². The minimum Gasteiger partial charge on any atom is -0.372 e. The lowest BCUT2D eigenvalue weighted by Crippen LogP contribution is -2.48. The van der Waals surface area contributed by atoms with Crippen LogP contribution in [0.3, 0.4) is 0 Å². The first-order chi connectivity index (χ1) is 13.5. The lowest BCUT2D eigenvalue weighted by atomic mass is 10.1. The van der Waals surface area contributed by atoms with E-state index >= 15 is 0 Å². The molecule has 2 unspecified atom stereocenters. The highest BCUT2D eigenvalue weighted by atomic mass is 32.1. The number of benzene rings is 1. The zero-order valence-electron chi connectivity index (χ0n) is 16.3. The first-order valence-corrected chi connectivity index (χ1v) is 10.5. The Bertz CT molecular complexity index is 767. The summed E-state index contributed by atoms with van der Waals surface area (Å²) in [5.41, 5.74) is 1.61. The third-order valence-corrected chi connectivity index (χ3v) is 5.53. The highest BCUT2D eigenvalue weighted by Crippen LogP contribution is 2.15. The van der Waals surface area contributed by atoms with Gasteiger partial charge < -0.3 is 20.3 Å². The molecule has 7 heteroatoms. The van der Waals surface area contributed by atoms with Gasteiger partial charge in [-0.25, -0.2) is 4.79 Å². The van der Waals surface area contributed by atoms with Crippen LogP contribution in [-0.2, 0) is 17.7 Å². The molecule has 28 heavy (non-hydrogen) atoms. The number of urea groups is 1. The van der Waals surface area contributed by atoms with Crippen molar-refractivity contribution in [1.29, 1.82) is 0 Å². The molecule has 6 nitrogen and oxygen atoms in total. The maximum atomic E-state index is 12.7. The molecule has 1 aliphatic rings. The number of morpholine rings is 1. The lowest BCUT2D eigenvalue weighted by Gasteiger charge is -2.35. The van der Waals surface area contributed by atoms with E-state index in [0.717, 1.165) is 12.0 Å². The highest BCUT2D eigenvalue weighted by Gasteiger charge is 2.26. The van der Waals surface area contributed by atoms with Gasteiger partial charge in [0.1, 0.15) is 0 Å². The molecule has 1 aromatic heterocycles. The minimum absolute atomic E-state index is 0.0211. The van der Waals surface area contributed by atoms with Crippen LogP contribution in [0.4, 0.5) is 4.79 Å². The zero-order chi connectivity index (χ0) is 19.9. The van der Waals surface area contributed by atoms with Crippen molar-refractivity contribution in [3.63, 3.8) is 0 Å². The number of hydrogen-bond acceptors (Lipinski definition) is 4. The smallest absolute Gasteiger partial charge is 0.315 e. The Kier molecular flexibility index (Phi) is 7.06. The number of hydrogen-bond donors (Lipinski definition) is 2. The fourth-order valence-corrected chi connectivity index (χ4v) is 4.00. The first kappa shape index (κ1) is 20.4. The zero-order valence-corrected chi connectivity index (χ0v) is 17.1. The Hall–Kier alpha value is -2.38. The Morgan fingerprint density at radius 2 is 1.82 bits per heavy atom. The summed E-state index contributed by atoms with van der Waals surface area (Å²) < 4.78 is 5.69. The molecule has 2 atom stereocenters. The number of nitrogens with zero attached hydrogens (tertiary/aromatic N) is 1. The number of carbonyl (C=O) groups is 2. The third-order valence-electron chi connectivity index (χ3n) is 4.60. The van der Waals surface area contributed by atoms with Crippen molar-refractivity contribution < 1.29 is 14.3 Å².